The minimum atomic E-state index is -0.816. The van der Waals surface area contributed by atoms with Gasteiger partial charge in [-0.1, -0.05) is 13.8 Å². The third kappa shape index (κ3) is 3.52. The van der Waals surface area contributed by atoms with E-state index in [4.69, 9.17) is 0 Å². The lowest BCUT2D eigenvalue weighted by Crippen LogP contribution is -2.69. The fourth-order valence-corrected chi connectivity index (χ4v) is 3.73. The Hall–Kier alpha value is -2.51. The topological polar surface area (TPSA) is 60.9 Å². The zero-order valence-corrected chi connectivity index (χ0v) is 15.6. The lowest BCUT2D eigenvalue weighted by Gasteiger charge is -2.48. The van der Waals surface area contributed by atoms with Crippen molar-refractivity contribution in [1.29, 1.82) is 0 Å². The number of carbonyl (C=O) groups is 3. The quantitative estimate of drug-likeness (QED) is 0.800. The first-order chi connectivity index (χ1) is 12.7. The van der Waals surface area contributed by atoms with Crippen LogP contribution in [-0.2, 0) is 9.59 Å². The van der Waals surface area contributed by atoms with Gasteiger partial charge >= 0.3 is 0 Å². The standard InChI is InChI=1S/C19H23F2N3O3/c1-11(2)8-15-19(27)24-7-6-23(10-16(24)18(26)22(15)3)17(25)13-9-12(20)4-5-14(13)21/h4-5,9,11,15-16H,6-8,10H2,1-3H3/t15-,16+/m0/s1. The number of hydrogen-bond donors (Lipinski definition) is 0. The Kier molecular flexibility index (Phi) is 5.17. The van der Waals surface area contributed by atoms with Gasteiger partial charge in [-0.25, -0.2) is 8.78 Å². The van der Waals surface area contributed by atoms with Gasteiger partial charge in [0.15, 0.2) is 0 Å². The van der Waals surface area contributed by atoms with Gasteiger partial charge in [0.05, 0.1) is 12.1 Å². The third-order valence-electron chi connectivity index (χ3n) is 5.19. The van der Waals surface area contributed by atoms with Crippen LogP contribution in [0.15, 0.2) is 18.2 Å². The van der Waals surface area contributed by atoms with Crippen LogP contribution in [0, 0.1) is 17.6 Å². The Balaban J connectivity index is 1.80. The molecule has 27 heavy (non-hydrogen) atoms. The van der Waals surface area contributed by atoms with Crippen molar-refractivity contribution in [3.05, 3.63) is 35.4 Å². The highest BCUT2D eigenvalue weighted by Crippen LogP contribution is 2.25. The van der Waals surface area contributed by atoms with Crippen LogP contribution in [0.1, 0.15) is 30.6 Å². The smallest absolute Gasteiger partial charge is 0.257 e. The molecule has 0 unspecified atom stereocenters. The van der Waals surface area contributed by atoms with E-state index in [1.54, 1.807) is 7.05 Å². The summed E-state index contributed by atoms with van der Waals surface area (Å²) >= 11 is 0. The fourth-order valence-electron chi connectivity index (χ4n) is 3.73. The summed E-state index contributed by atoms with van der Waals surface area (Å²) in [6, 6.07) is 1.40. The summed E-state index contributed by atoms with van der Waals surface area (Å²) < 4.78 is 27.3. The van der Waals surface area contributed by atoms with E-state index in [9.17, 15) is 23.2 Å². The normalized spacial score (nSPS) is 23.1. The molecule has 0 N–H and O–H groups in total. The summed E-state index contributed by atoms with van der Waals surface area (Å²) in [5.41, 5.74) is -0.371. The van der Waals surface area contributed by atoms with E-state index in [2.05, 4.69) is 0 Å². The Morgan fingerprint density at radius 1 is 1.19 bits per heavy atom. The number of amides is 3. The molecule has 0 bridgehead atoms. The van der Waals surface area contributed by atoms with E-state index >= 15 is 0 Å². The van der Waals surface area contributed by atoms with E-state index in [0.29, 0.717) is 6.42 Å². The number of likely N-dealkylation sites (N-methyl/N-ethyl adjacent to an activating group) is 1. The lowest BCUT2D eigenvalue weighted by atomic mass is 9.95. The molecule has 3 amide bonds. The zero-order valence-electron chi connectivity index (χ0n) is 15.6. The van der Waals surface area contributed by atoms with Crippen molar-refractivity contribution in [1.82, 2.24) is 14.7 Å². The van der Waals surface area contributed by atoms with Crippen molar-refractivity contribution in [2.24, 2.45) is 5.92 Å². The highest BCUT2D eigenvalue weighted by Gasteiger charge is 2.47. The largest absolute Gasteiger partial charge is 0.334 e. The molecular weight excluding hydrogens is 356 g/mol. The Morgan fingerprint density at radius 2 is 1.89 bits per heavy atom. The van der Waals surface area contributed by atoms with Crippen LogP contribution in [-0.4, -0.2) is 71.2 Å². The molecule has 2 fully saturated rings. The fraction of sp³-hybridized carbons (Fsp3) is 0.526. The van der Waals surface area contributed by atoms with Gasteiger partial charge in [0, 0.05) is 20.1 Å². The van der Waals surface area contributed by atoms with Gasteiger partial charge < -0.3 is 14.7 Å². The molecule has 0 aromatic heterocycles. The molecule has 0 aliphatic carbocycles. The molecule has 0 radical (unpaired) electrons. The van der Waals surface area contributed by atoms with Crippen LogP contribution < -0.4 is 0 Å². The molecule has 8 heteroatoms. The van der Waals surface area contributed by atoms with Crippen molar-refractivity contribution in [3.8, 4) is 0 Å². The molecule has 2 saturated heterocycles. The summed E-state index contributed by atoms with van der Waals surface area (Å²) in [4.78, 5) is 42.5. The molecule has 6 nitrogen and oxygen atoms in total. The molecule has 2 aliphatic rings. The second-order valence-corrected chi connectivity index (χ2v) is 7.52. The van der Waals surface area contributed by atoms with E-state index in [0.717, 1.165) is 18.2 Å². The second-order valence-electron chi connectivity index (χ2n) is 7.52. The average Bonchev–Trinajstić information content (AvgIpc) is 2.64. The predicted molar refractivity (Wildman–Crippen MR) is 93.8 cm³/mol. The summed E-state index contributed by atoms with van der Waals surface area (Å²) in [6.07, 6.45) is 0.571. The monoisotopic (exact) mass is 379 g/mol. The van der Waals surface area contributed by atoms with Gasteiger partial charge in [-0.3, -0.25) is 14.4 Å². The molecule has 3 rings (SSSR count). The summed E-state index contributed by atoms with van der Waals surface area (Å²) in [5.74, 6) is -2.32. The van der Waals surface area contributed by atoms with E-state index in [1.165, 1.54) is 14.7 Å². The molecule has 0 spiro atoms. The summed E-state index contributed by atoms with van der Waals surface area (Å²) in [6.45, 7) is 4.31. The van der Waals surface area contributed by atoms with Crippen LogP contribution in [0.3, 0.4) is 0 Å². The zero-order chi connectivity index (χ0) is 19.9. The Labute approximate surface area is 156 Å². The first-order valence-corrected chi connectivity index (χ1v) is 9.02. The molecule has 2 atom stereocenters. The van der Waals surface area contributed by atoms with Gasteiger partial charge in [0.1, 0.15) is 23.7 Å². The number of nitrogens with zero attached hydrogens (tertiary/aromatic N) is 3. The van der Waals surface area contributed by atoms with Gasteiger partial charge in [0.2, 0.25) is 11.8 Å². The number of halogens is 2. The third-order valence-corrected chi connectivity index (χ3v) is 5.19. The molecule has 146 valence electrons. The summed E-state index contributed by atoms with van der Waals surface area (Å²) in [5, 5.41) is 0. The van der Waals surface area contributed by atoms with E-state index in [-0.39, 0.29) is 42.9 Å². The molecule has 1 aromatic carbocycles. The van der Waals surface area contributed by atoms with E-state index in [1.807, 2.05) is 13.8 Å². The van der Waals surface area contributed by atoms with Crippen molar-refractivity contribution in [3.63, 3.8) is 0 Å². The first-order valence-electron chi connectivity index (χ1n) is 9.02. The number of hydrogen-bond acceptors (Lipinski definition) is 3. The van der Waals surface area contributed by atoms with Crippen molar-refractivity contribution >= 4 is 17.7 Å². The van der Waals surface area contributed by atoms with Crippen LogP contribution >= 0.6 is 0 Å². The number of piperazine rings is 2. The maximum atomic E-state index is 13.9. The van der Waals surface area contributed by atoms with Crippen LogP contribution in [0.2, 0.25) is 0 Å². The Bertz CT molecular complexity index is 783. The van der Waals surface area contributed by atoms with Crippen LogP contribution in [0.4, 0.5) is 8.78 Å². The second kappa shape index (κ2) is 7.25. The first kappa shape index (κ1) is 19.3. The maximum Gasteiger partial charge on any atom is 0.257 e. The van der Waals surface area contributed by atoms with Gasteiger partial charge in [-0.05, 0) is 30.5 Å². The molecule has 2 heterocycles. The maximum absolute atomic E-state index is 13.9. The lowest BCUT2D eigenvalue weighted by molar-refractivity contribution is -0.163. The predicted octanol–water partition coefficient (Wildman–Crippen LogP) is 1.50. The molecule has 1 aromatic rings. The SMILES string of the molecule is CC(C)C[C@H]1C(=O)N2CCN(C(=O)c3cc(F)ccc3F)C[C@@H]2C(=O)N1C. The highest BCUT2D eigenvalue weighted by molar-refractivity contribution is 5.99. The number of fused-ring (bicyclic) bond motifs is 1. The molecule has 0 saturated carbocycles. The van der Waals surface area contributed by atoms with Crippen molar-refractivity contribution in [2.75, 3.05) is 26.7 Å². The molecular formula is C19H23F2N3O3. The van der Waals surface area contributed by atoms with Crippen LogP contribution in [0.25, 0.3) is 0 Å². The van der Waals surface area contributed by atoms with Gasteiger partial charge in [-0.15, -0.1) is 0 Å². The average molecular weight is 379 g/mol. The van der Waals surface area contributed by atoms with Gasteiger partial charge in [-0.2, -0.15) is 0 Å². The van der Waals surface area contributed by atoms with Gasteiger partial charge in [0.25, 0.3) is 5.91 Å². The number of rotatable bonds is 3. The summed E-state index contributed by atoms with van der Waals surface area (Å²) in [7, 11) is 1.59. The number of carbonyl (C=O) groups excluding carboxylic acids is 3. The minimum absolute atomic E-state index is 0.0297. The number of benzene rings is 1. The molecule has 2 aliphatic heterocycles. The van der Waals surface area contributed by atoms with Crippen LogP contribution in [0.5, 0.6) is 0 Å². The van der Waals surface area contributed by atoms with Crippen molar-refractivity contribution < 1.29 is 23.2 Å². The van der Waals surface area contributed by atoms with Crippen molar-refractivity contribution in [2.45, 2.75) is 32.4 Å². The minimum Gasteiger partial charge on any atom is -0.334 e. The Morgan fingerprint density at radius 3 is 2.56 bits per heavy atom. The van der Waals surface area contributed by atoms with E-state index < -0.39 is 29.6 Å². The highest BCUT2D eigenvalue weighted by atomic mass is 19.1.